The van der Waals surface area contributed by atoms with Gasteiger partial charge in [0, 0.05) is 16.6 Å². The lowest BCUT2D eigenvalue weighted by Gasteiger charge is -2.17. The fraction of sp³-hybridized carbons (Fsp3) is 0.226. The molecule has 1 unspecified atom stereocenters. The molecule has 0 saturated carbocycles. The predicted octanol–water partition coefficient (Wildman–Crippen LogP) is 7.69. The number of aryl methyl sites for hydroxylation is 1. The van der Waals surface area contributed by atoms with Gasteiger partial charge in [0.25, 0.3) is 0 Å². The second-order valence-corrected chi connectivity index (χ2v) is 11.5. The van der Waals surface area contributed by atoms with Crippen molar-refractivity contribution in [2.75, 3.05) is 11.1 Å². The molecule has 0 aliphatic rings. The van der Waals surface area contributed by atoms with E-state index in [2.05, 4.69) is 65.5 Å². The highest BCUT2D eigenvalue weighted by atomic mass is 32.2. The molecule has 0 aliphatic carbocycles. The van der Waals surface area contributed by atoms with Crippen molar-refractivity contribution in [3.63, 3.8) is 0 Å². The Labute approximate surface area is 242 Å². The van der Waals surface area contributed by atoms with Gasteiger partial charge < -0.3 is 10.1 Å². The van der Waals surface area contributed by atoms with E-state index in [-0.39, 0.29) is 17.8 Å². The van der Waals surface area contributed by atoms with Crippen LogP contribution in [0.1, 0.15) is 49.7 Å². The van der Waals surface area contributed by atoms with E-state index in [1.807, 2.05) is 71.5 Å². The van der Waals surface area contributed by atoms with Crippen molar-refractivity contribution in [3.8, 4) is 22.7 Å². The molecule has 7 nitrogen and oxygen atoms in total. The molecule has 3 aromatic carbocycles. The third-order valence-corrected chi connectivity index (χ3v) is 8.01. The van der Waals surface area contributed by atoms with Crippen LogP contribution in [0.2, 0.25) is 0 Å². The second-order valence-electron chi connectivity index (χ2n) is 9.74. The maximum absolute atomic E-state index is 12.8. The van der Waals surface area contributed by atoms with E-state index in [9.17, 15) is 4.79 Å². The van der Waals surface area contributed by atoms with Crippen LogP contribution in [0.4, 0.5) is 5.13 Å². The average Bonchev–Trinajstić information content (AvgIpc) is 3.60. The maximum atomic E-state index is 12.8. The fourth-order valence-corrected chi connectivity index (χ4v) is 5.61. The Morgan fingerprint density at radius 1 is 0.975 bits per heavy atom. The van der Waals surface area contributed by atoms with E-state index in [1.54, 1.807) is 0 Å². The van der Waals surface area contributed by atoms with Crippen molar-refractivity contribution in [1.82, 2.24) is 19.7 Å². The van der Waals surface area contributed by atoms with Crippen LogP contribution in [0, 0.1) is 6.92 Å². The molecule has 1 atom stereocenters. The molecule has 0 bridgehead atoms. The molecular weight excluding hydrogens is 539 g/mol. The van der Waals surface area contributed by atoms with Gasteiger partial charge in [-0.3, -0.25) is 9.36 Å². The predicted molar refractivity (Wildman–Crippen MR) is 163 cm³/mol. The third kappa shape index (κ3) is 6.60. The molecular formula is C31H31N5O2S2. The lowest BCUT2D eigenvalue weighted by molar-refractivity contribution is -0.113. The molecule has 0 saturated heterocycles. The van der Waals surface area contributed by atoms with Gasteiger partial charge >= 0.3 is 0 Å². The van der Waals surface area contributed by atoms with Gasteiger partial charge in [-0.15, -0.1) is 21.5 Å². The molecule has 0 aliphatic heterocycles. The lowest BCUT2D eigenvalue weighted by atomic mass is 10.0. The molecule has 9 heteroatoms. The molecule has 0 radical (unpaired) electrons. The number of carbonyl (C=O) groups is 1. The second kappa shape index (κ2) is 12.5. The third-order valence-electron chi connectivity index (χ3n) is 6.33. The van der Waals surface area contributed by atoms with Crippen molar-refractivity contribution in [2.45, 2.75) is 44.9 Å². The van der Waals surface area contributed by atoms with Gasteiger partial charge in [0.1, 0.15) is 5.75 Å². The van der Waals surface area contributed by atoms with Crippen LogP contribution < -0.4 is 10.1 Å². The number of carbonyl (C=O) groups excluding carboxylic acids is 1. The molecule has 40 heavy (non-hydrogen) atoms. The van der Waals surface area contributed by atoms with Gasteiger partial charge in [-0.1, -0.05) is 85.8 Å². The first kappa shape index (κ1) is 27.6. The zero-order chi connectivity index (χ0) is 28.1. The minimum absolute atomic E-state index is 0.159. The molecule has 2 aromatic heterocycles. The van der Waals surface area contributed by atoms with Crippen LogP contribution in [-0.4, -0.2) is 31.4 Å². The number of aromatic nitrogens is 4. The number of anilines is 1. The normalized spacial score (nSPS) is 11.9. The van der Waals surface area contributed by atoms with Crippen molar-refractivity contribution in [1.29, 1.82) is 0 Å². The maximum Gasteiger partial charge on any atom is 0.236 e. The number of para-hydroxylation sites is 1. The number of thioether (sulfide) groups is 1. The highest BCUT2D eigenvalue weighted by Gasteiger charge is 2.22. The molecule has 0 spiro atoms. The van der Waals surface area contributed by atoms with Crippen LogP contribution in [0.25, 0.3) is 16.9 Å². The van der Waals surface area contributed by atoms with Crippen LogP contribution in [0.3, 0.4) is 0 Å². The number of nitrogens with zero attached hydrogens (tertiary/aromatic N) is 4. The number of thiazole rings is 1. The topological polar surface area (TPSA) is 81.9 Å². The number of benzene rings is 3. The first-order chi connectivity index (χ1) is 19.4. The molecule has 1 amide bonds. The van der Waals surface area contributed by atoms with Gasteiger partial charge in [-0.2, -0.15) is 0 Å². The Balaban J connectivity index is 1.28. The molecule has 1 N–H and O–H groups in total. The molecule has 5 rings (SSSR count). The van der Waals surface area contributed by atoms with E-state index in [0.29, 0.717) is 22.0 Å². The van der Waals surface area contributed by atoms with Crippen LogP contribution in [0.5, 0.6) is 5.75 Å². The number of amides is 1. The average molecular weight is 570 g/mol. The summed E-state index contributed by atoms with van der Waals surface area (Å²) in [5.74, 6) is 1.88. The van der Waals surface area contributed by atoms with E-state index >= 15 is 0 Å². The van der Waals surface area contributed by atoms with E-state index in [0.717, 1.165) is 22.7 Å². The van der Waals surface area contributed by atoms with E-state index in [1.165, 1.54) is 34.2 Å². The summed E-state index contributed by atoms with van der Waals surface area (Å²) in [6, 6.07) is 26.2. The minimum Gasteiger partial charge on any atom is -0.483 e. The highest BCUT2D eigenvalue weighted by Crippen LogP contribution is 2.29. The number of rotatable bonds is 10. The van der Waals surface area contributed by atoms with Crippen molar-refractivity contribution in [3.05, 3.63) is 101 Å². The van der Waals surface area contributed by atoms with Crippen LogP contribution in [0.15, 0.2) is 89.4 Å². The Bertz CT molecular complexity index is 1560. The van der Waals surface area contributed by atoms with Gasteiger partial charge in [0.2, 0.25) is 5.91 Å². The number of nitrogens with one attached hydrogen (secondary N) is 1. The summed E-state index contributed by atoms with van der Waals surface area (Å²) < 4.78 is 8.19. The first-order valence-corrected chi connectivity index (χ1v) is 15.0. The van der Waals surface area contributed by atoms with E-state index < -0.39 is 0 Å². The Hall–Kier alpha value is -3.95. The molecule has 0 fully saturated rings. The van der Waals surface area contributed by atoms with E-state index in [4.69, 9.17) is 4.74 Å². The zero-order valence-electron chi connectivity index (χ0n) is 22.9. The summed E-state index contributed by atoms with van der Waals surface area (Å²) in [5.41, 5.74) is 5.21. The summed E-state index contributed by atoms with van der Waals surface area (Å²) in [6.07, 6.45) is -0.365. The Morgan fingerprint density at radius 2 is 1.70 bits per heavy atom. The SMILES string of the molecule is Cc1ccc(-c2csc(NC(=O)CSc3nnc(C(C)Oc4ccc(C(C)C)cc4)n3-c3ccccc3)n2)cc1. The lowest BCUT2D eigenvalue weighted by Crippen LogP contribution is -2.15. The van der Waals surface area contributed by atoms with Gasteiger partial charge in [0.15, 0.2) is 22.2 Å². The summed E-state index contributed by atoms with van der Waals surface area (Å²) in [7, 11) is 0. The van der Waals surface area contributed by atoms with Gasteiger partial charge in [-0.05, 0) is 49.6 Å². The van der Waals surface area contributed by atoms with Crippen LogP contribution >= 0.6 is 23.1 Å². The standard InChI is InChI=1S/C31H31N5O2S2/c1-20(2)23-14-16-26(17-15-23)38-22(4)29-34-35-31(36(29)25-8-6-5-7-9-25)40-19-28(37)33-30-32-27(18-39-30)24-12-10-21(3)11-13-24/h5-18,20,22H,19H2,1-4H3,(H,32,33,37). The minimum atomic E-state index is -0.365. The van der Waals surface area contributed by atoms with Crippen molar-refractivity contribution >= 4 is 34.1 Å². The van der Waals surface area contributed by atoms with Crippen LogP contribution in [-0.2, 0) is 4.79 Å². The first-order valence-electron chi connectivity index (χ1n) is 13.1. The summed E-state index contributed by atoms with van der Waals surface area (Å²) >= 11 is 2.73. The number of hydrogen-bond acceptors (Lipinski definition) is 7. The van der Waals surface area contributed by atoms with Gasteiger partial charge in [-0.25, -0.2) is 4.98 Å². The quantitative estimate of drug-likeness (QED) is 0.174. The summed E-state index contributed by atoms with van der Waals surface area (Å²) in [6.45, 7) is 8.34. The smallest absolute Gasteiger partial charge is 0.236 e. The Kier molecular flexibility index (Phi) is 8.62. The highest BCUT2D eigenvalue weighted by molar-refractivity contribution is 7.99. The molecule has 204 valence electrons. The molecule has 5 aromatic rings. The van der Waals surface area contributed by atoms with Crippen molar-refractivity contribution in [2.24, 2.45) is 0 Å². The summed E-state index contributed by atoms with van der Waals surface area (Å²) in [4.78, 5) is 17.4. The largest absolute Gasteiger partial charge is 0.483 e. The number of ether oxygens (including phenoxy) is 1. The summed E-state index contributed by atoms with van der Waals surface area (Å²) in [5, 5.41) is 14.9. The zero-order valence-corrected chi connectivity index (χ0v) is 24.5. The Morgan fingerprint density at radius 3 is 2.40 bits per heavy atom. The van der Waals surface area contributed by atoms with Gasteiger partial charge in [0.05, 0.1) is 11.4 Å². The monoisotopic (exact) mass is 569 g/mol. The number of hydrogen-bond donors (Lipinski definition) is 1. The fourth-order valence-electron chi connectivity index (χ4n) is 4.12. The van der Waals surface area contributed by atoms with Crippen molar-refractivity contribution < 1.29 is 9.53 Å². The molecule has 2 heterocycles.